The van der Waals surface area contributed by atoms with Crippen molar-refractivity contribution in [1.82, 2.24) is 4.98 Å². The monoisotopic (exact) mass is 480 g/mol. The van der Waals surface area contributed by atoms with Gasteiger partial charge < -0.3 is 10.1 Å². The van der Waals surface area contributed by atoms with Crippen LogP contribution in [0, 0.1) is 5.82 Å². The highest BCUT2D eigenvalue weighted by molar-refractivity contribution is 7.90. The lowest BCUT2D eigenvalue weighted by Gasteiger charge is -2.21. The molecule has 0 unspecified atom stereocenters. The fourth-order valence-corrected chi connectivity index (χ4v) is 3.62. The molecule has 9 heteroatoms. The Morgan fingerprint density at radius 1 is 1.09 bits per heavy atom. The van der Waals surface area contributed by atoms with Crippen molar-refractivity contribution in [2.75, 3.05) is 11.6 Å². The second-order valence-corrected chi connectivity index (χ2v) is 10.7. The minimum absolute atomic E-state index is 0. The zero-order valence-electron chi connectivity index (χ0n) is 17.9. The maximum atomic E-state index is 13.4. The normalized spacial score (nSPS) is 11.8. The van der Waals surface area contributed by atoms with Crippen molar-refractivity contribution in [2.24, 2.45) is 0 Å². The first-order valence-corrected chi connectivity index (χ1v) is 11.9. The summed E-state index contributed by atoms with van der Waals surface area (Å²) in [7, 11) is -3.49. The van der Waals surface area contributed by atoms with Gasteiger partial charge in [-0.05, 0) is 47.4 Å². The second kappa shape index (κ2) is 8.88. The molecular formula is C23H26ClFN2O4S. The van der Waals surface area contributed by atoms with Gasteiger partial charge in [0.2, 0.25) is 0 Å². The van der Waals surface area contributed by atoms with E-state index in [1.54, 1.807) is 18.2 Å². The van der Waals surface area contributed by atoms with Crippen molar-refractivity contribution in [3.05, 3.63) is 76.8 Å². The number of sulfone groups is 1. The second-order valence-electron chi connectivity index (χ2n) is 8.27. The Bertz CT molecular complexity index is 1300. The maximum Gasteiger partial charge on any atom is 0.259 e. The molecule has 1 amide bonds. The number of aromatic nitrogens is 1. The van der Waals surface area contributed by atoms with E-state index in [0.29, 0.717) is 0 Å². The summed E-state index contributed by atoms with van der Waals surface area (Å²) < 4.78 is 42.9. The molecule has 2 aromatic carbocycles. The van der Waals surface area contributed by atoms with Gasteiger partial charge >= 0.3 is 0 Å². The fraction of sp³-hybridized carbons (Fsp3) is 0.217. The van der Waals surface area contributed by atoms with Gasteiger partial charge in [-0.25, -0.2) is 12.8 Å². The van der Waals surface area contributed by atoms with Crippen molar-refractivity contribution in [2.45, 2.75) is 31.1 Å². The van der Waals surface area contributed by atoms with E-state index in [1.807, 2.05) is 20.8 Å². The average Bonchev–Trinajstić information content (AvgIpc) is 2.69. The molecule has 0 fully saturated rings. The number of amides is 1. The molecular weight excluding hydrogens is 455 g/mol. The van der Waals surface area contributed by atoms with Gasteiger partial charge in [0.15, 0.2) is 9.84 Å². The third-order valence-corrected chi connectivity index (χ3v) is 5.98. The van der Waals surface area contributed by atoms with Crippen LogP contribution in [0.4, 0.5) is 10.1 Å². The summed E-state index contributed by atoms with van der Waals surface area (Å²) in [4.78, 5) is 16.9. The summed E-state index contributed by atoms with van der Waals surface area (Å²) in [5.74, 6) is -0.641. The molecule has 0 aliphatic carbocycles. The lowest BCUT2D eigenvalue weighted by atomic mass is 9.86. The fourth-order valence-electron chi connectivity index (χ4n) is 2.83. The third kappa shape index (κ3) is 5.63. The number of anilines is 1. The van der Waals surface area contributed by atoms with Gasteiger partial charge in [0.05, 0.1) is 27.4 Å². The van der Waals surface area contributed by atoms with E-state index >= 15 is 0 Å². The zero-order chi connectivity index (χ0) is 23.7. The number of ether oxygens (including phenoxy) is 1. The summed E-state index contributed by atoms with van der Waals surface area (Å²) >= 11 is 6.10. The van der Waals surface area contributed by atoms with Crippen molar-refractivity contribution >= 4 is 33.0 Å². The Morgan fingerprint density at radius 3 is 2.44 bits per heavy atom. The first kappa shape index (κ1) is 23.7. The summed E-state index contributed by atoms with van der Waals surface area (Å²) in [5.41, 5.74) is 1.07. The summed E-state index contributed by atoms with van der Waals surface area (Å²) in [6.07, 6.45) is 3.60. The van der Waals surface area contributed by atoms with Gasteiger partial charge in [-0.1, -0.05) is 38.4 Å². The quantitative estimate of drug-likeness (QED) is 0.476. The van der Waals surface area contributed by atoms with E-state index in [4.69, 9.17) is 16.3 Å². The highest BCUT2D eigenvalue weighted by Gasteiger charge is 2.21. The molecule has 1 N–H and O–H groups in total. The van der Waals surface area contributed by atoms with Gasteiger partial charge in [-0.2, -0.15) is 0 Å². The third-order valence-electron chi connectivity index (χ3n) is 4.61. The number of hydrogen-bond acceptors (Lipinski definition) is 5. The van der Waals surface area contributed by atoms with Gasteiger partial charge in [0.1, 0.15) is 17.3 Å². The van der Waals surface area contributed by atoms with Crippen LogP contribution in [-0.2, 0) is 15.3 Å². The predicted octanol–water partition coefficient (Wildman–Crippen LogP) is 6.11. The van der Waals surface area contributed by atoms with E-state index in [2.05, 4.69) is 10.3 Å². The van der Waals surface area contributed by atoms with Gasteiger partial charge in [-0.15, -0.1) is 0 Å². The van der Waals surface area contributed by atoms with Crippen LogP contribution in [0.25, 0.3) is 0 Å². The van der Waals surface area contributed by atoms with E-state index < -0.39 is 21.6 Å². The van der Waals surface area contributed by atoms with Crippen LogP contribution in [-0.4, -0.2) is 25.6 Å². The van der Waals surface area contributed by atoms with Crippen molar-refractivity contribution in [1.29, 1.82) is 0 Å². The molecule has 32 heavy (non-hydrogen) atoms. The number of pyridine rings is 1. The van der Waals surface area contributed by atoms with Crippen molar-refractivity contribution in [3.63, 3.8) is 0 Å². The van der Waals surface area contributed by atoms with Crippen LogP contribution >= 0.6 is 11.6 Å². The molecule has 3 aromatic rings. The first-order chi connectivity index (χ1) is 14.8. The predicted molar refractivity (Wildman–Crippen MR) is 126 cm³/mol. The number of hydrogen-bond donors (Lipinski definition) is 1. The molecule has 0 bridgehead atoms. The highest BCUT2D eigenvalue weighted by atomic mass is 35.5. The van der Waals surface area contributed by atoms with Crippen LogP contribution in [0.2, 0.25) is 5.02 Å². The Balaban J connectivity index is 0.00000289. The van der Waals surface area contributed by atoms with Crippen LogP contribution < -0.4 is 10.1 Å². The Kier molecular flexibility index (Phi) is 6.57. The van der Waals surface area contributed by atoms with Crippen LogP contribution in [0.1, 0.15) is 39.5 Å². The molecule has 0 aliphatic heterocycles. The number of rotatable bonds is 5. The molecule has 0 saturated carbocycles. The summed E-state index contributed by atoms with van der Waals surface area (Å²) in [6.45, 7) is 6.04. The number of nitrogens with zero attached hydrogens (tertiary/aromatic N) is 1. The van der Waals surface area contributed by atoms with Gasteiger partial charge in [-0.3, -0.25) is 9.78 Å². The van der Waals surface area contributed by atoms with E-state index in [1.165, 1.54) is 30.6 Å². The standard InChI is InChI=1S/C23H22ClFN2O4S.2H2/c1-23(2,3)14-5-7-18(21(9-14)31-20-8-6-15(25)10-19(20)24)22(28)27-16-11-17(13-26-12-16)32(4,29)30;;/h5-13H,1-4H3,(H,27,28);2*1H. The van der Waals surface area contributed by atoms with Crippen LogP contribution in [0.5, 0.6) is 11.5 Å². The molecule has 0 aliphatic rings. The number of carbonyl (C=O) groups is 1. The highest BCUT2D eigenvalue weighted by Crippen LogP contribution is 2.35. The SMILES string of the molecule is CC(C)(C)c1ccc(C(=O)Nc2cncc(S(C)(=O)=O)c2)c(Oc2ccc(F)cc2Cl)c1.[HH].[HH]. The Labute approximate surface area is 194 Å². The van der Waals surface area contributed by atoms with E-state index in [-0.39, 0.29) is 40.9 Å². The number of nitrogens with one attached hydrogen (secondary N) is 1. The van der Waals surface area contributed by atoms with E-state index in [9.17, 15) is 17.6 Å². The summed E-state index contributed by atoms with van der Waals surface area (Å²) in [5, 5.41) is 2.70. The average molecular weight is 481 g/mol. The van der Waals surface area contributed by atoms with Crippen LogP contribution in [0.15, 0.2) is 59.8 Å². The molecule has 3 rings (SSSR count). The minimum atomic E-state index is -3.49. The minimum Gasteiger partial charge on any atom is -0.455 e. The molecule has 0 saturated heterocycles. The largest absolute Gasteiger partial charge is 0.455 e. The van der Waals surface area contributed by atoms with Crippen molar-refractivity contribution < 1.29 is 25.2 Å². The molecule has 0 atom stereocenters. The van der Waals surface area contributed by atoms with Gasteiger partial charge in [0, 0.05) is 15.3 Å². The molecule has 1 heterocycles. The molecule has 0 radical (unpaired) electrons. The molecule has 0 spiro atoms. The lowest BCUT2D eigenvalue weighted by molar-refractivity contribution is 0.102. The molecule has 172 valence electrons. The number of carbonyl (C=O) groups excluding carboxylic acids is 1. The smallest absolute Gasteiger partial charge is 0.259 e. The van der Waals surface area contributed by atoms with Crippen molar-refractivity contribution in [3.8, 4) is 11.5 Å². The van der Waals surface area contributed by atoms with Crippen LogP contribution in [0.3, 0.4) is 0 Å². The number of halogens is 2. The maximum absolute atomic E-state index is 13.4. The Morgan fingerprint density at radius 2 is 1.81 bits per heavy atom. The first-order valence-electron chi connectivity index (χ1n) is 9.58. The molecule has 1 aromatic heterocycles. The topological polar surface area (TPSA) is 85.4 Å². The zero-order valence-corrected chi connectivity index (χ0v) is 19.5. The van der Waals surface area contributed by atoms with E-state index in [0.717, 1.165) is 17.9 Å². The summed E-state index contributed by atoms with van der Waals surface area (Å²) in [6, 6.07) is 10.2. The lowest BCUT2D eigenvalue weighted by Crippen LogP contribution is -2.16. The Hall–Kier alpha value is -2.97. The number of benzene rings is 2. The van der Waals surface area contributed by atoms with Gasteiger partial charge in [0.25, 0.3) is 5.91 Å². The molecule has 6 nitrogen and oxygen atoms in total.